The van der Waals surface area contributed by atoms with Gasteiger partial charge in [-0.1, -0.05) is 25.8 Å². The third kappa shape index (κ3) is 5.41. The van der Waals surface area contributed by atoms with Gasteiger partial charge in [-0.15, -0.1) is 0 Å². The molecule has 6 nitrogen and oxygen atoms in total. The zero-order valence-electron chi connectivity index (χ0n) is 12.5. The normalized spacial score (nSPS) is 11.9. The summed E-state index contributed by atoms with van der Waals surface area (Å²) in [5, 5.41) is 11.6. The van der Waals surface area contributed by atoms with Gasteiger partial charge in [0.1, 0.15) is 6.04 Å². The molecular formula is C15H22N2O4. The molecule has 0 aliphatic rings. The van der Waals surface area contributed by atoms with Gasteiger partial charge in [0.05, 0.1) is 0 Å². The van der Waals surface area contributed by atoms with E-state index in [0.29, 0.717) is 6.42 Å². The number of carboxylic acids is 1. The average Bonchev–Trinajstić information content (AvgIpc) is 2.42. The maximum absolute atomic E-state index is 11.8. The Hall–Kier alpha value is -2.11. The van der Waals surface area contributed by atoms with Crippen molar-refractivity contribution in [1.82, 2.24) is 9.88 Å². The quantitative estimate of drug-likeness (QED) is 0.756. The van der Waals surface area contributed by atoms with Crippen LogP contribution in [0.5, 0.6) is 0 Å². The van der Waals surface area contributed by atoms with Crippen molar-refractivity contribution in [3.63, 3.8) is 0 Å². The van der Waals surface area contributed by atoms with Crippen molar-refractivity contribution in [3.8, 4) is 0 Å². The number of hydrogen-bond donors (Lipinski definition) is 2. The van der Waals surface area contributed by atoms with Crippen molar-refractivity contribution in [2.75, 3.05) is 0 Å². The minimum absolute atomic E-state index is 0.0840. The molecule has 0 aromatic carbocycles. The Bertz CT molecular complexity index is 551. The molecule has 1 rings (SSSR count). The lowest BCUT2D eigenvalue weighted by Gasteiger charge is -2.15. The van der Waals surface area contributed by atoms with Crippen LogP contribution in [0.4, 0.5) is 0 Å². The van der Waals surface area contributed by atoms with Crippen LogP contribution < -0.4 is 10.9 Å². The molecule has 1 unspecified atom stereocenters. The van der Waals surface area contributed by atoms with E-state index in [4.69, 9.17) is 5.11 Å². The van der Waals surface area contributed by atoms with Gasteiger partial charge in [0, 0.05) is 24.7 Å². The number of amides is 1. The summed E-state index contributed by atoms with van der Waals surface area (Å²) in [6, 6.07) is 4.04. The molecule has 0 aliphatic carbocycles. The first-order valence-electron chi connectivity index (χ1n) is 7.14. The average molecular weight is 294 g/mol. The predicted octanol–water partition coefficient (Wildman–Crippen LogP) is 1.31. The minimum Gasteiger partial charge on any atom is -0.480 e. The van der Waals surface area contributed by atoms with E-state index >= 15 is 0 Å². The van der Waals surface area contributed by atoms with Gasteiger partial charge in [0.2, 0.25) is 5.91 Å². The summed E-state index contributed by atoms with van der Waals surface area (Å²) in [7, 11) is 0. The molecular weight excluding hydrogens is 272 g/mol. The number of carbonyl (C=O) groups excluding carboxylic acids is 1. The zero-order chi connectivity index (χ0) is 15.8. The maximum Gasteiger partial charge on any atom is 0.326 e. The van der Waals surface area contributed by atoms with Crippen molar-refractivity contribution in [3.05, 3.63) is 34.2 Å². The van der Waals surface area contributed by atoms with Gasteiger partial charge in [-0.25, -0.2) is 4.79 Å². The largest absolute Gasteiger partial charge is 0.480 e. The van der Waals surface area contributed by atoms with Gasteiger partial charge in [-0.2, -0.15) is 0 Å². The predicted molar refractivity (Wildman–Crippen MR) is 79.1 cm³/mol. The second kappa shape index (κ2) is 8.24. The van der Waals surface area contributed by atoms with Crippen LogP contribution in [0.25, 0.3) is 0 Å². The highest BCUT2D eigenvalue weighted by Crippen LogP contribution is 2.02. The smallest absolute Gasteiger partial charge is 0.326 e. The molecule has 2 N–H and O–H groups in total. The fourth-order valence-electron chi connectivity index (χ4n) is 2.06. The van der Waals surface area contributed by atoms with E-state index in [9.17, 15) is 14.4 Å². The molecule has 21 heavy (non-hydrogen) atoms. The fraction of sp³-hybridized carbons (Fsp3) is 0.533. The molecule has 1 aromatic heterocycles. The summed E-state index contributed by atoms with van der Waals surface area (Å²) in [5.41, 5.74) is 0.611. The topological polar surface area (TPSA) is 88.4 Å². The number of carboxylic acid groups (broad SMARTS) is 1. The molecule has 116 valence electrons. The van der Waals surface area contributed by atoms with E-state index in [1.807, 2.05) is 6.92 Å². The van der Waals surface area contributed by atoms with Crippen LogP contribution in [-0.4, -0.2) is 27.6 Å². The van der Waals surface area contributed by atoms with E-state index in [0.717, 1.165) is 18.5 Å². The molecule has 0 spiro atoms. The summed E-state index contributed by atoms with van der Waals surface area (Å²) in [6.07, 6.45) is 2.12. The van der Waals surface area contributed by atoms with E-state index in [1.165, 1.54) is 10.6 Å². The monoisotopic (exact) mass is 294 g/mol. The summed E-state index contributed by atoms with van der Waals surface area (Å²) in [4.78, 5) is 34.5. The van der Waals surface area contributed by atoms with Crippen LogP contribution in [-0.2, 0) is 16.1 Å². The maximum atomic E-state index is 11.8. The molecule has 0 fully saturated rings. The van der Waals surface area contributed by atoms with E-state index in [-0.39, 0.29) is 24.4 Å². The molecule has 1 heterocycles. The van der Waals surface area contributed by atoms with Gasteiger partial charge < -0.3 is 15.0 Å². The van der Waals surface area contributed by atoms with Crippen molar-refractivity contribution >= 4 is 11.9 Å². The van der Waals surface area contributed by atoms with Gasteiger partial charge >= 0.3 is 5.97 Å². The lowest BCUT2D eigenvalue weighted by atomic mass is 10.1. The number of pyridine rings is 1. The summed E-state index contributed by atoms with van der Waals surface area (Å²) in [5.74, 6) is -1.38. The minimum atomic E-state index is -1.02. The Balaban J connectivity index is 2.57. The third-order valence-electron chi connectivity index (χ3n) is 3.31. The summed E-state index contributed by atoms with van der Waals surface area (Å²) in [6.45, 7) is 4.00. The lowest BCUT2D eigenvalue weighted by molar-refractivity contribution is -0.142. The first-order valence-corrected chi connectivity index (χ1v) is 7.14. The number of nitrogens with zero attached hydrogens (tertiary/aromatic N) is 1. The lowest BCUT2D eigenvalue weighted by Crippen LogP contribution is -2.41. The number of rotatable bonds is 8. The second-order valence-electron chi connectivity index (χ2n) is 5.01. The zero-order valence-corrected chi connectivity index (χ0v) is 12.5. The Morgan fingerprint density at radius 2 is 2.10 bits per heavy atom. The Kier molecular flexibility index (Phi) is 6.65. The Morgan fingerprint density at radius 3 is 2.67 bits per heavy atom. The highest BCUT2D eigenvalue weighted by molar-refractivity contribution is 5.83. The number of unbranched alkanes of at least 4 members (excludes halogenated alkanes) is 1. The van der Waals surface area contributed by atoms with Crippen LogP contribution >= 0.6 is 0 Å². The number of nitrogens with one attached hydrogen (secondary N) is 1. The van der Waals surface area contributed by atoms with Crippen molar-refractivity contribution in [1.29, 1.82) is 0 Å². The molecule has 0 saturated carbocycles. The van der Waals surface area contributed by atoms with Crippen LogP contribution in [0, 0.1) is 6.92 Å². The summed E-state index contributed by atoms with van der Waals surface area (Å²) < 4.78 is 1.50. The SMILES string of the molecule is CCCCC(NC(=O)CCn1c(C)cccc1=O)C(=O)O. The van der Waals surface area contributed by atoms with Crippen LogP contribution in [0.15, 0.2) is 23.0 Å². The number of aromatic nitrogens is 1. The number of carbonyl (C=O) groups is 2. The van der Waals surface area contributed by atoms with Gasteiger partial charge in [0.15, 0.2) is 0 Å². The number of aryl methyl sites for hydroxylation is 1. The Morgan fingerprint density at radius 1 is 1.38 bits per heavy atom. The van der Waals surface area contributed by atoms with E-state index in [1.54, 1.807) is 19.1 Å². The molecule has 0 bridgehead atoms. The Labute approximate surface area is 123 Å². The number of aliphatic carboxylic acids is 1. The molecule has 0 radical (unpaired) electrons. The molecule has 1 aromatic rings. The third-order valence-corrected chi connectivity index (χ3v) is 3.31. The fourth-order valence-corrected chi connectivity index (χ4v) is 2.06. The van der Waals surface area contributed by atoms with Gasteiger partial charge in [0.25, 0.3) is 5.56 Å². The molecule has 1 amide bonds. The van der Waals surface area contributed by atoms with Gasteiger partial charge in [-0.3, -0.25) is 9.59 Å². The molecule has 0 saturated heterocycles. The first-order chi connectivity index (χ1) is 9.95. The van der Waals surface area contributed by atoms with E-state index < -0.39 is 12.0 Å². The standard InChI is InChI=1S/C15H22N2O4/c1-3-4-7-12(15(20)21)16-13(18)9-10-17-11(2)6-5-8-14(17)19/h5-6,8,12H,3-4,7,9-10H2,1-2H3,(H,16,18)(H,20,21). The van der Waals surface area contributed by atoms with Crippen molar-refractivity contribution < 1.29 is 14.7 Å². The van der Waals surface area contributed by atoms with Crippen molar-refractivity contribution in [2.24, 2.45) is 0 Å². The van der Waals surface area contributed by atoms with Crippen LogP contribution in [0.1, 0.15) is 38.3 Å². The number of hydrogen-bond acceptors (Lipinski definition) is 3. The second-order valence-corrected chi connectivity index (χ2v) is 5.01. The van der Waals surface area contributed by atoms with Crippen molar-refractivity contribution in [2.45, 2.75) is 52.1 Å². The first kappa shape index (κ1) is 16.9. The molecule has 1 atom stereocenters. The van der Waals surface area contributed by atoms with Crippen LogP contribution in [0.3, 0.4) is 0 Å². The molecule has 6 heteroatoms. The molecule has 0 aliphatic heterocycles. The highest BCUT2D eigenvalue weighted by Gasteiger charge is 2.19. The van der Waals surface area contributed by atoms with Crippen LogP contribution in [0.2, 0.25) is 0 Å². The van der Waals surface area contributed by atoms with Gasteiger partial charge in [-0.05, 0) is 19.4 Å². The summed E-state index contributed by atoms with van der Waals surface area (Å²) >= 11 is 0. The van der Waals surface area contributed by atoms with E-state index in [2.05, 4.69) is 5.32 Å². The highest BCUT2D eigenvalue weighted by atomic mass is 16.4.